The van der Waals surface area contributed by atoms with E-state index in [1.807, 2.05) is 0 Å². The number of carbonyl (C=O) groups is 1. The molecule has 0 bridgehead atoms. The molecule has 3 aromatic carbocycles. The van der Waals surface area contributed by atoms with Crippen molar-refractivity contribution in [1.29, 1.82) is 0 Å². The average molecular weight is 698 g/mol. The van der Waals surface area contributed by atoms with Crippen LogP contribution in [0.5, 0.6) is 0 Å². The zero-order chi connectivity index (χ0) is 49.5. The van der Waals surface area contributed by atoms with Crippen LogP contribution in [-0.4, -0.2) is 51.4 Å². The van der Waals surface area contributed by atoms with Crippen molar-refractivity contribution in [3.63, 3.8) is 0 Å². The lowest BCUT2D eigenvalue weighted by Gasteiger charge is -2.28. The van der Waals surface area contributed by atoms with E-state index in [2.05, 4.69) is 4.98 Å². The van der Waals surface area contributed by atoms with E-state index < -0.39 is 149 Å². The Hall–Kier alpha value is -3.96. The number of alkyl halides is 3. The lowest BCUT2D eigenvalue weighted by Crippen LogP contribution is -2.40. The number of hydrogen-bond acceptors (Lipinski definition) is 5. The number of carbonyl (C=O) groups excluding carboxylic acids is 1. The first-order valence-electron chi connectivity index (χ1n) is 23.1. The van der Waals surface area contributed by atoms with Crippen molar-refractivity contribution in [3.8, 4) is 11.1 Å². The predicted octanol–water partition coefficient (Wildman–Crippen LogP) is 7.53. The third-order valence-corrected chi connectivity index (χ3v) is 8.11. The molecule has 0 unspecified atom stereocenters. The van der Waals surface area contributed by atoms with Gasteiger partial charge >= 0.3 is 6.18 Å². The third kappa shape index (κ3) is 8.54. The highest BCUT2D eigenvalue weighted by Gasteiger charge is 2.32. The summed E-state index contributed by atoms with van der Waals surface area (Å²) in [5.74, 6) is -2.88. The highest BCUT2D eigenvalue weighted by Crippen LogP contribution is 2.34. The quantitative estimate of drug-likeness (QED) is 0.0822. The zero-order valence-electron chi connectivity index (χ0n) is 42.9. The van der Waals surface area contributed by atoms with Crippen molar-refractivity contribution in [1.82, 2.24) is 19.4 Å². The number of benzene rings is 3. The normalized spacial score (nSPS) is 21.7. The minimum absolute atomic E-state index is 0.137. The molecular weight excluding hydrogens is 640 g/mol. The molecule has 0 aliphatic heterocycles. The molecule has 0 atom stereocenters. The van der Waals surface area contributed by atoms with E-state index in [9.17, 15) is 27.8 Å². The molecule has 6 nitrogen and oxygen atoms in total. The Morgan fingerprint density at radius 2 is 1.71 bits per heavy atom. The van der Waals surface area contributed by atoms with E-state index in [1.54, 1.807) is 18.7 Å². The predicted molar refractivity (Wildman–Crippen MR) is 181 cm³/mol. The van der Waals surface area contributed by atoms with Gasteiger partial charge in [-0.1, -0.05) is 74.0 Å². The van der Waals surface area contributed by atoms with Crippen molar-refractivity contribution in [3.05, 3.63) is 116 Å². The summed E-state index contributed by atoms with van der Waals surface area (Å²) in [6, 6.07) is -4.14. The summed E-state index contributed by atoms with van der Waals surface area (Å²) in [6.07, 6.45) is -15.9. The van der Waals surface area contributed by atoms with Crippen molar-refractivity contribution in [2.75, 3.05) is 26.2 Å². The molecule has 0 fully saturated rings. The zero-order valence-corrected chi connectivity index (χ0v) is 26.7. The van der Waals surface area contributed by atoms with Gasteiger partial charge in [0.25, 0.3) is 5.56 Å². The fraction of sp³-hybridized carbons (Fsp3) is 0.378. The maximum atomic E-state index is 15.0. The van der Waals surface area contributed by atoms with E-state index in [-0.39, 0.29) is 34.9 Å². The Balaban J connectivity index is 1.80. The van der Waals surface area contributed by atoms with Gasteiger partial charge in [-0.25, -0.2) is 4.39 Å². The lowest BCUT2D eigenvalue weighted by molar-refractivity contribution is -0.138. The second-order valence-electron chi connectivity index (χ2n) is 10.3. The van der Waals surface area contributed by atoms with E-state index in [1.165, 1.54) is 12.1 Å². The fourth-order valence-electron chi connectivity index (χ4n) is 4.50. The molecule has 48 heavy (non-hydrogen) atoms. The molecule has 0 N–H and O–H groups in total. The molecule has 1 aliphatic rings. The molecular formula is C37H40F4N4O2S. The molecule has 0 saturated heterocycles. The van der Waals surface area contributed by atoms with Gasteiger partial charge in [-0.15, -0.1) is 0 Å². The first-order chi connectivity index (χ1) is 29.7. The van der Waals surface area contributed by atoms with Crippen LogP contribution in [0.2, 0.25) is 0 Å². The maximum Gasteiger partial charge on any atom is 0.416 e. The second kappa shape index (κ2) is 15.5. The molecule has 1 heterocycles. The fourth-order valence-corrected chi connectivity index (χ4v) is 5.40. The van der Waals surface area contributed by atoms with Gasteiger partial charge in [-0.05, 0) is 85.1 Å². The largest absolute Gasteiger partial charge is 0.416 e. The SMILES string of the molecule is [2H]c1c([2H])c(C([2H])([2H])N(CCN(CC)CC)C(=O)C([2H])([2H])n2c(SCc3ccc(F)cc3)nc(=O)c3c2C([2H])([2H])C([2H])([2H])C3([2H])[2H])c([2H])c([2H])c1-c1c([2H])c([2H])c(C(F)(F)F)c(C)c1[2H]. The summed E-state index contributed by atoms with van der Waals surface area (Å²) in [5, 5.41) is -0.829. The summed E-state index contributed by atoms with van der Waals surface area (Å²) in [7, 11) is 0. The highest BCUT2D eigenvalue weighted by atomic mass is 32.2. The second-order valence-corrected chi connectivity index (χ2v) is 11.2. The number of nitrogens with zero attached hydrogens (tertiary/aromatic N) is 4. The first-order valence-corrected chi connectivity index (χ1v) is 15.6. The van der Waals surface area contributed by atoms with Crippen LogP contribution in [0.3, 0.4) is 0 Å². The van der Waals surface area contributed by atoms with Gasteiger partial charge in [0.1, 0.15) is 12.3 Å². The molecule has 1 aromatic heterocycles. The summed E-state index contributed by atoms with van der Waals surface area (Å²) < 4.78 is 205. The van der Waals surface area contributed by atoms with Crippen LogP contribution in [0.15, 0.2) is 76.5 Å². The van der Waals surface area contributed by atoms with Crippen molar-refractivity contribution in [2.24, 2.45) is 0 Å². The minimum Gasteiger partial charge on any atom is -0.336 e. The summed E-state index contributed by atoms with van der Waals surface area (Å²) in [4.78, 5) is 34.1. The maximum absolute atomic E-state index is 15.0. The van der Waals surface area contributed by atoms with Crippen LogP contribution in [-0.2, 0) is 42.5 Å². The molecule has 5 rings (SSSR count). The monoisotopic (exact) mass is 697 g/mol. The number of hydrogen-bond donors (Lipinski definition) is 0. The van der Waals surface area contributed by atoms with E-state index in [0.29, 0.717) is 17.3 Å². The van der Waals surface area contributed by atoms with Gasteiger partial charge in [-0.3, -0.25) is 9.59 Å². The molecule has 1 aliphatic carbocycles. The minimum atomic E-state index is -5.21. The highest BCUT2D eigenvalue weighted by molar-refractivity contribution is 7.98. The Kier molecular flexibility index (Phi) is 6.23. The van der Waals surface area contributed by atoms with Gasteiger partial charge in [0.05, 0.1) is 20.6 Å². The van der Waals surface area contributed by atoms with Crippen molar-refractivity contribution < 1.29 is 45.7 Å². The summed E-state index contributed by atoms with van der Waals surface area (Å²) in [6.45, 7) is -3.90. The molecule has 254 valence electrons. The van der Waals surface area contributed by atoms with Crippen LogP contribution in [0, 0.1) is 12.7 Å². The summed E-state index contributed by atoms with van der Waals surface area (Å²) >= 11 is 0.476. The number of amides is 1. The average Bonchev–Trinajstić information content (AvgIpc) is 3.31. The van der Waals surface area contributed by atoms with Gasteiger partial charge in [-0.2, -0.15) is 18.2 Å². The molecule has 0 spiro atoms. The van der Waals surface area contributed by atoms with Crippen LogP contribution in [0.4, 0.5) is 17.6 Å². The van der Waals surface area contributed by atoms with Gasteiger partial charge in [0.2, 0.25) is 5.91 Å². The van der Waals surface area contributed by atoms with Gasteiger partial charge < -0.3 is 14.4 Å². The van der Waals surface area contributed by atoms with E-state index >= 15 is 4.79 Å². The van der Waals surface area contributed by atoms with Crippen LogP contribution < -0.4 is 5.56 Å². The Bertz CT molecular complexity index is 2570. The molecule has 0 radical (unpaired) electrons. The van der Waals surface area contributed by atoms with Crippen molar-refractivity contribution in [2.45, 2.75) is 70.0 Å². The van der Waals surface area contributed by atoms with Crippen LogP contribution >= 0.6 is 11.8 Å². The smallest absolute Gasteiger partial charge is 0.336 e. The summed E-state index contributed by atoms with van der Waals surface area (Å²) in [5.41, 5.74) is -9.46. The van der Waals surface area contributed by atoms with Gasteiger partial charge in [0, 0.05) is 44.8 Å². The van der Waals surface area contributed by atoms with Gasteiger partial charge in [0.15, 0.2) is 5.16 Å². The van der Waals surface area contributed by atoms with E-state index in [0.717, 1.165) is 19.1 Å². The Morgan fingerprint density at radius 1 is 1.02 bits per heavy atom. The molecule has 0 saturated carbocycles. The number of halogens is 4. The third-order valence-electron chi connectivity index (χ3n) is 7.10. The topological polar surface area (TPSA) is 58.4 Å². The van der Waals surface area contributed by atoms with E-state index in [4.69, 9.17) is 17.8 Å². The van der Waals surface area contributed by atoms with Crippen LogP contribution in [0.25, 0.3) is 11.1 Å². The molecule has 4 aromatic rings. The molecule has 1 amide bonds. The number of fused-ring (bicyclic) bond motifs is 1. The Labute approximate surface area is 306 Å². The number of rotatable bonds is 13. The number of aromatic nitrogens is 2. The Morgan fingerprint density at radius 3 is 2.38 bits per heavy atom. The first kappa shape index (κ1) is 19.3. The molecule has 11 heteroatoms. The van der Waals surface area contributed by atoms with Crippen LogP contribution in [0.1, 0.15) is 77.0 Å². The number of likely N-dealkylation sites (N-methyl/N-ethyl adjacent to an activating group) is 1. The number of thioether (sulfide) groups is 1. The lowest BCUT2D eigenvalue weighted by atomic mass is 9.98. The van der Waals surface area contributed by atoms with Crippen molar-refractivity contribution >= 4 is 17.7 Å². The standard InChI is InChI=1S/C37H40F4N4O2S/c1-4-43(5-2)19-20-44(22-26-9-13-28(14-10-26)29-15-18-32(25(3)21-29)37(39,40)41)34(46)23-45-33-8-6-7-31(33)35(47)42-36(45)48-24-27-11-16-30(38)17-12-27/h9-18,21H,4-8,19-20,22-24H2,1-3H3/i6D2,7D2,8D2,9D,10D,13D,14D,15D,18D,21D,22D2,23D2.